The van der Waals surface area contributed by atoms with Crippen molar-refractivity contribution in [1.29, 1.82) is 5.26 Å². The van der Waals surface area contributed by atoms with Gasteiger partial charge in [0.05, 0.1) is 19.1 Å². The van der Waals surface area contributed by atoms with E-state index in [2.05, 4.69) is 11.0 Å². The SMILES string of the molecule is COCCCN(CCOC)c1ccc(N)c(CC#N)c1. The molecule has 5 nitrogen and oxygen atoms in total. The van der Waals surface area contributed by atoms with E-state index < -0.39 is 0 Å². The molecule has 0 fully saturated rings. The lowest BCUT2D eigenvalue weighted by molar-refractivity contribution is 0.191. The molecule has 0 amide bonds. The number of hydrogen-bond acceptors (Lipinski definition) is 5. The van der Waals surface area contributed by atoms with Gasteiger partial charge in [-0.1, -0.05) is 0 Å². The number of rotatable bonds is 9. The second-order valence-corrected chi connectivity index (χ2v) is 4.54. The van der Waals surface area contributed by atoms with E-state index in [1.807, 2.05) is 18.2 Å². The molecule has 20 heavy (non-hydrogen) atoms. The van der Waals surface area contributed by atoms with Crippen LogP contribution in [-0.4, -0.2) is 40.5 Å². The molecule has 0 heterocycles. The monoisotopic (exact) mass is 277 g/mol. The minimum atomic E-state index is 0.329. The number of nitrogen functional groups attached to an aromatic ring is 1. The van der Waals surface area contributed by atoms with Crippen LogP contribution in [0, 0.1) is 11.3 Å². The summed E-state index contributed by atoms with van der Waals surface area (Å²) in [5.41, 5.74) is 8.49. The fourth-order valence-electron chi connectivity index (χ4n) is 2.00. The van der Waals surface area contributed by atoms with Crippen molar-refractivity contribution in [3.63, 3.8) is 0 Å². The van der Waals surface area contributed by atoms with Crippen molar-refractivity contribution >= 4 is 11.4 Å². The summed E-state index contributed by atoms with van der Waals surface area (Å²) in [5.74, 6) is 0. The molecule has 0 aliphatic heterocycles. The first-order chi connectivity index (χ1) is 9.72. The number of benzene rings is 1. The number of nitrogens with zero attached hydrogens (tertiary/aromatic N) is 2. The maximum atomic E-state index is 8.83. The number of hydrogen-bond donors (Lipinski definition) is 1. The van der Waals surface area contributed by atoms with Crippen LogP contribution in [0.5, 0.6) is 0 Å². The van der Waals surface area contributed by atoms with Crippen LogP contribution in [0.1, 0.15) is 12.0 Å². The quantitative estimate of drug-likeness (QED) is 0.550. The van der Waals surface area contributed by atoms with Crippen LogP contribution in [0.3, 0.4) is 0 Å². The lowest BCUT2D eigenvalue weighted by atomic mass is 10.1. The minimum Gasteiger partial charge on any atom is -0.398 e. The van der Waals surface area contributed by atoms with Gasteiger partial charge in [0.2, 0.25) is 0 Å². The summed E-state index contributed by atoms with van der Waals surface area (Å²) >= 11 is 0. The highest BCUT2D eigenvalue weighted by atomic mass is 16.5. The van der Waals surface area contributed by atoms with E-state index in [9.17, 15) is 0 Å². The van der Waals surface area contributed by atoms with Gasteiger partial charge in [0.15, 0.2) is 0 Å². The Hall–Kier alpha value is -1.77. The zero-order valence-electron chi connectivity index (χ0n) is 12.3. The molecule has 0 unspecified atom stereocenters. The second kappa shape index (κ2) is 9.18. The molecule has 110 valence electrons. The molecule has 0 spiro atoms. The molecule has 0 bridgehead atoms. The maximum absolute atomic E-state index is 8.83. The molecule has 0 aliphatic rings. The molecule has 2 N–H and O–H groups in total. The zero-order chi connectivity index (χ0) is 14.8. The van der Waals surface area contributed by atoms with Crippen LogP contribution in [0.2, 0.25) is 0 Å². The topological polar surface area (TPSA) is 71.5 Å². The van der Waals surface area contributed by atoms with Crippen LogP contribution >= 0.6 is 0 Å². The van der Waals surface area contributed by atoms with Crippen LogP contribution in [0.4, 0.5) is 11.4 Å². The average molecular weight is 277 g/mol. The molecule has 1 rings (SSSR count). The predicted octanol–water partition coefficient (Wildman–Crippen LogP) is 1.82. The van der Waals surface area contributed by atoms with Crippen LogP contribution in [-0.2, 0) is 15.9 Å². The van der Waals surface area contributed by atoms with Gasteiger partial charge < -0.3 is 20.1 Å². The van der Waals surface area contributed by atoms with Crippen LogP contribution in [0.15, 0.2) is 18.2 Å². The van der Waals surface area contributed by atoms with Crippen molar-refractivity contribution in [2.24, 2.45) is 0 Å². The summed E-state index contributed by atoms with van der Waals surface area (Å²) < 4.78 is 10.2. The summed E-state index contributed by atoms with van der Waals surface area (Å²) in [6.07, 6.45) is 1.27. The summed E-state index contributed by atoms with van der Waals surface area (Å²) in [5, 5.41) is 8.83. The van der Waals surface area contributed by atoms with Gasteiger partial charge in [-0.15, -0.1) is 0 Å². The fourth-order valence-corrected chi connectivity index (χ4v) is 2.00. The number of anilines is 2. The molecule has 0 aromatic heterocycles. The molecule has 1 aromatic carbocycles. The molecule has 1 aromatic rings. The van der Waals surface area contributed by atoms with Gasteiger partial charge in [-0.3, -0.25) is 0 Å². The number of nitriles is 1. The van der Waals surface area contributed by atoms with E-state index in [0.29, 0.717) is 18.7 Å². The highest BCUT2D eigenvalue weighted by Crippen LogP contribution is 2.22. The Balaban J connectivity index is 2.82. The third kappa shape index (κ3) is 5.08. The fraction of sp³-hybridized carbons (Fsp3) is 0.533. The molecule has 5 heteroatoms. The van der Waals surface area contributed by atoms with E-state index >= 15 is 0 Å². The molecule has 0 aliphatic carbocycles. The van der Waals surface area contributed by atoms with E-state index in [0.717, 1.165) is 37.4 Å². The normalized spacial score (nSPS) is 10.2. The highest BCUT2D eigenvalue weighted by Gasteiger charge is 2.08. The van der Waals surface area contributed by atoms with Crippen molar-refractivity contribution < 1.29 is 9.47 Å². The first-order valence-electron chi connectivity index (χ1n) is 6.71. The number of methoxy groups -OCH3 is 2. The molecular weight excluding hydrogens is 254 g/mol. The van der Waals surface area contributed by atoms with Gasteiger partial charge in [0.1, 0.15) is 0 Å². The first kappa shape index (κ1) is 16.3. The molecule has 0 saturated heterocycles. The molecule has 0 radical (unpaired) electrons. The van der Waals surface area contributed by atoms with Crippen molar-refractivity contribution in [2.45, 2.75) is 12.8 Å². The lowest BCUT2D eigenvalue weighted by Gasteiger charge is -2.25. The molecule has 0 atom stereocenters. The van der Waals surface area contributed by atoms with E-state index in [1.165, 1.54) is 0 Å². The first-order valence-corrected chi connectivity index (χ1v) is 6.71. The Morgan fingerprint density at radius 1 is 1.20 bits per heavy atom. The predicted molar refractivity (Wildman–Crippen MR) is 80.8 cm³/mol. The number of nitrogens with two attached hydrogens (primary N) is 1. The minimum absolute atomic E-state index is 0.329. The van der Waals surface area contributed by atoms with Gasteiger partial charge in [-0.05, 0) is 30.2 Å². The van der Waals surface area contributed by atoms with Gasteiger partial charge in [-0.2, -0.15) is 5.26 Å². The van der Waals surface area contributed by atoms with Gasteiger partial charge in [0.25, 0.3) is 0 Å². The summed E-state index contributed by atoms with van der Waals surface area (Å²) in [6.45, 7) is 3.07. The summed E-state index contributed by atoms with van der Waals surface area (Å²) in [6, 6.07) is 7.97. The zero-order valence-corrected chi connectivity index (χ0v) is 12.3. The van der Waals surface area contributed by atoms with Crippen molar-refractivity contribution in [3.05, 3.63) is 23.8 Å². The Morgan fingerprint density at radius 2 is 1.95 bits per heavy atom. The van der Waals surface area contributed by atoms with Crippen molar-refractivity contribution in [2.75, 3.05) is 51.2 Å². The van der Waals surface area contributed by atoms with Crippen molar-refractivity contribution in [3.8, 4) is 6.07 Å². The Morgan fingerprint density at radius 3 is 2.60 bits per heavy atom. The highest BCUT2D eigenvalue weighted by molar-refractivity contribution is 5.59. The Bertz CT molecular complexity index is 443. The van der Waals surface area contributed by atoms with Gasteiger partial charge >= 0.3 is 0 Å². The third-order valence-electron chi connectivity index (χ3n) is 3.10. The second-order valence-electron chi connectivity index (χ2n) is 4.54. The third-order valence-corrected chi connectivity index (χ3v) is 3.10. The van der Waals surface area contributed by atoms with E-state index in [-0.39, 0.29) is 0 Å². The van der Waals surface area contributed by atoms with Crippen LogP contribution in [0.25, 0.3) is 0 Å². The van der Waals surface area contributed by atoms with Crippen molar-refractivity contribution in [1.82, 2.24) is 0 Å². The van der Waals surface area contributed by atoms with Gasteiger partial charge in [-0.25, -0.2) is 0 Å². The Kier molecular flexibility index (Phi) is 7.48. The molecule has 0 saturated carbocycles. The lowest BCUT2D eigenvalue weighted by Crippen LogP contribution is -2.29. The standard InChI is InChI=1S/C15H23N3O2/c1-19-10-3-8-18(9-11-20-2)14-4-5-15(17)13(12-14)6-7-16/h4-5,12H,3,6,8-11,17H2,1-2H3. The summed E-state index contributed by atoms with van der Waals surface area (Å²) in [7, 11) is 3.39. The van der Waals surface area contributed by atoms with E-state index in [4.69, 9.17) is 20.5 Å². The van der Waals surface area contributed by atoms with Gasteiger partial charge in [0, 0.05) is 45.3 Å². The van der Waals surface area contributed by atoms with Crippen LogP contribution < -0.4 is 10.6 Å². The van der Waals surface area contributed by atoms with E-state index in [1.54, 1.807) is 14.2 Å². The summed E-state index contributed by atoms with van der Waals surface area (Å²) in [4.78, 5) is 2.23. The largest absolute Gasteiger partial charge is 0.398 e. The smallest absolute Gasteiger partial charge is 0.0670 e. The number of ether oxygens (including phenoxy) is 2. The molecular formula is C15H23N3O2. The average Bonchev–Trinajstić information content (AvgIpc) is 2.45. The maximum Gasteiger partial charge on any atom is 0.0670 e. The Labute approximate surface area is 120 Å².